The molecule has 0 aromatic heterocycles. The van der Waals surface area contributed by atoms with Crippen LogP contribution in [0, 0.1) is 5.82 Å². The highest BCUT2D eigenvalue weighted by molar-refractivity contribution is 7.80. The molecule has 0 saturated carbocycles. The number of carbonyl (C=O) groups excluding carboxylic acids is 1. The number of hydrogen-bond acceptors (Lipinski definition) is 6. The van der Waals surface area contributed by atoms with Gasteiger partial charge in [-0.1, -0.05) is 12.1 Å². The van der Waals surface area contributed by atoms with Crippen molar-refractivity contribution in [3.05, 3.63) is 84.2 Å². The second-order valence-corrected chi connectivity index (χ2v) is 9.38. The Morgan fingerprint density at radius 2 is 1.64 bits per heavy atom. The number of benzene rings is 3. The number of hydrogen-bond donors (Lipinski definition) is 2. The van der Waals surface area contributed by atoms with E-state index < -0.39 is 12.3 Å². The van der Waals surface area contributed by atoms with Gasteiger partial charge in [-0.05, 0) is 84.9 Å². The van der Waals surface area contributed by atoms with E-state index in [1.54, 1.807) is 55.5 Å². The molecule has 8 nitrogen and oxygen atoms in total. The van der Waals surface area contributed by atoms with Crippen LogP contribution in [0.5, 0.6) is 11.5 Å². The van der Waals surface area contributed by atoms with Crippen molar-refractivity contribution in [2.45, 2.75) is 25.1 Å². The molecule has 1 heterocycles. The Kier molecular flexibility index (Phi) is 9.69. The molecule has 4 rings (SSSR count). The van der Waals surface area contributed by atoms with Crippen LogP contribution in [0.25, 0.3) is 0 Å². The lowest BCUT2D eigenvalue weighted by Gasteiger charge is -2.25. The number of aliphatic hydroxyl groups excluding tert-OH is 1. The monoisotopic (exact) mass is 553 g/mol. The molecule has 0 radical (unpaired) electrons. The summed E-state index contributed by atoms with van der Waals surface area (Å²) in [7, 11) is 3.22. The number of nitrogens with zero attached hydrogens (tertiary/aromatic N) is 2. The molecule has 0 bridgehead atoms. The summed E-state index contributed by atoms with van der Waals surface area (Å²) in [6.07, 6.45) is -0.467. The number of rotatable bonds is 12. The van der Waals surface area contributed by atoms with Crippen molar-refractivity contribution >= 4 is 34.6 Å². The maximum atomic E-state index is 13.6. The number of anilines is 2. The fourth-order valence-corrected chi connectivity index (χ4v) is 4.83. The van der Waals surface area contributed by atoms with Gasteiger partial charge in [0.1, 0.15) is 23.9 Å². The Balaban J connectivity index is 1.47. The van der Waals surface area contributed by atoms with Gasteiger partial charge in [-0.3, -0.25) is 9.69 Å². The minimum Gasteiger partial charge on any atom is -0.497 e. The lowest BCUT2D eigenvalue weighted by Crippen LogP contribution is -2.41. The van der Waals surface area contributed by atoms with Gasteiger partial charge >= 0.3 is 0 Å². The molecule has 1 fully saturated rings. The van der Waals surface area contributed by atoms with E-state index in [4.69, 9.17) is 26.4 Å². The first-order valence-electron chi connectivity index (χ1n) is 12.6. The summed E-state index contributed by atoms with van der Waals surface area (Å²) in [5.41, 5.74) is 2.22. The first-order valence-corrected chi connectivity index (χ1v) is 13.0. The summed E-state index contributed by atoms with van der Waals surface area (Å²) in [6.45, 7) is 1.39. The molecule has 1 amide bonds. The van der Waals surface area contributed by atoms with Gasteiger partial charge in [0.15, 0.2) is 11.3 Å². The summed E-state index contributed by atoms with van der Waals surface area (Å²) in [6, 6.07) is 19.9. The molecule has 1 aliphatic rings. The topological polar surface area (TPSA) is 83.5 Å². The number of ether oxygens (including phenoxy) is 3. The molecule has 0 spiro atoms. The average Bonchev–Trinajstić information content (AvgIpc) is 3.17. The Morgan fingerprint density at radius 3 is 2.28 bits per heavy atom. The number of aliphatic hydroxyl groups is 1. The van der Waals surface area contributed by atoms with Gasteiger partial charge in [-0.25, -0.2) is 4.39 Å². The number of amides is 1. The zero-order valence-corrected chi connectivity index (χ0v) is 22.7. The molecule has 206 valence electrons. The number of halogens is 1. The van der Waals surface area contributed by atoms with E-state index in [0.29, 0.717) is 48.4 Å². The third-order valence-electron chi connectivity index (χ3n) is 6.45. The van der Waals surface area contributed by atoms with Crippen LogP contribution in [-0.2, 0) is 16.0 Å². The van der Waals surface area contributed by atoms with Crippen LogP contribution in [0.3, 0.4) is 0 Å². The summed E-state index contributed by atoms with van der Waals surface area (Å²) in [5, 5.41) is 14.6. The van der Waals surface area contributed by atoms with Crippen LogP contribution in [0.4, 0.5) is 15.8 Å². The van der Waals surface area contributed by atoms with Crippen LogP contribution in [-0.4, -0.2) is 67.3 Å². The second-order valence-electron chi connectivity index (χ2n) is 9.02. The summed E-state index contributed by atoms with van der Waals surface area (Å²) in [5.74, 6) is 0.768. The fraction of sp³-hybridized carbons (Fsp3) is 0.310. The molecular formula is C29H32FN3O5S. The lowest BCUT2D eigenvalue weighted by atomic mass is 10.1. The summed E-state index contributed by atoms with van der Waals surface area (Å²) in [4.78, 5) is 16.5. The van der Waals surface area contributed by atoms with Crippen molar-refractivity contribution in [1.82, 2.24) is 4.90 Å². The Hall–Kier alpha value is -3.73. The van der Waals surface area contributed by atoms with Gasteiger partial charge in [0, 0.05) is 25.0 Å². The van der Waals surface area contributed by atoms with Crippen molar-refractivity contribution in [2.24, 2.45) is 0 Å². The largest absolute Gasteiger partial charge is 0.497 e. The van der Waals surface area contributed by atoms with Gasteiger partial charge in [0.05, 0.1) is 26.2 Å². The Bertz CT molecular complexity index is 1240. The third kappa shape index (κ3) is 7.23. The normalized spacial score (nSPS) is 16.9. The number of thiocarbonyl (C=S) groups is 1. The van der Waals surface area contributed by atoms with E-state index >= 15 is 0 Å². The molecular weight excluding hydrogens is 521 g/mol. The zero-order chi connectivity index (χ0) is 27.8. The molecule has 10 heteroatoms. The molecule has 1 saturated heterocycles. The van der Waals surface area contributed by atoms with E-state index in [2.05, 4.69) is 5.32 Å². The fourth-order valence-electron chi connectivity index (χ4n) is 4.39. The molecule has 3 aromatic rings. The van der Waals surface area contributed by atoms with E-state index in [1.807, 2.05) is 29.2 Å². The summed E-state index contributed by atoms with van der Waals surface area (Å²) < 4.78 is 29.3. The lowest BCUT2D eigenvalue weighted by molar-refractivity contribution is -0.117. The van der Waals surface area contributed by atoms with E-state index in [-0.39, 0.29) is 18.1 Å². The van der Waals surface area contributed by atoms with E-state index in [9.17, 15) is 14.3 Å². The highest BCUT2D eigenvalue weighted by Crippen LogP contribution is 2.31. The second kappa shape index (κ2) is 13.4. The minimum atomic E-state index is -1.10. The average molecular weight is 554 g/mol. The zero-order valence-electron chi connectivity index (χ0n) is 21.9. The van der Waals surface area contributed by atoms with Crippen LogP contribution in [0.1, 0.15) is 12.0 Å². The molecule has 3 aromatic carbocycles. The molecule has 39 heavy (non-hydrogen) atoms. The number of carbonyl (C=O) groups is 1. The van der Waals surface area contributed by atoms with Gasteiger partial charge in [0.25, 0.3) is 0 Å². The van der Waals surface area contributed by atoms with Gasteiger partial charge in [0.2, 0.25) is 5.91 Å². The van der Waals surface area contributed by atoms with Crippen LogP contribution >= 0.6 is 12.2 Å². The quantitative estimate of drug-likeness (QED) is 0.255. The molecule has 2 N–H and O–H groups in total. The molecule has 2 atom stereocenters. The molecule has 2 unspecified atom stereocenters. The van der Waals surface area contributed by atoms with Gasteiger partial charge in [-0.15, -0.1) is 0 Å². The maximum Gasteiger partial charge on any atom is 0.226 e. The maximum absolute atomic E-state index is 13.6. The first-order chi connectivity index (χ1) is 18.9. The van der Waals surface area contributed by atoms with Gasteiger partial charge < -0.3 is 29.5 Å². The van der Waals surface area contributed by atoms with Crippen molar-refractivity contribution in [2.75, 3.05) is 44.2 Å². The van der Waals surface area contributed by atoms with Gasteiger partial charge in [-0.2, -0.15) is 0 Å². The predicted molar refractivity (Wildman–Crippen MR) is 152 cm³/mol. The highest BCUT2D eigenvalue weighted by Gasteiger charge is 2.43. The first kappa shape index (κ1) is 28.3. The smallest absolute Gasteiger partial charge is 0.226 e. The van der Waals surface area contributed by atoms with Crippen molar-refractivity contribution in [3.63, 3.8) is 0 Å². The van der Waals surface area contributed by atoms with E-state index in [0.717, 1.165) is 11.3 Å². The van der Waals surface area contributed by atoms with Crippen molar-refractivity contribution < 1.29 is 28.5 Å². The highest BCUT2D eigenvalue weighted by atomic mass is 32.1. The van der Waals surface area contributed by atoms with Crippen LogP contribution in [0.15, 0.2) is 72.8 Å². The Labute approximate surface area is 232 Å². The molecule has 0 aliphatic carbocycles. The minimum absolute atomic E-state index is 0.00625. The van der Waals surface area contributed by atoms with E-state index in [1.165, 1.54) is 12.1 Å². The van der Waals surface area contributed by atoms with Crippen molar-refractivity contribution in [1.29, 1.82) is 0 Å². The van der Waals surface area contributed by atoms with Crippen molar-refractivity contribution in [3.8, 4) is 11.5 Å². The predicted octanol–water partition coefficient (Wildman–Crippen LogP) is 4.22. The van der Waals surface area contributed by atoms with Crippen LogP contribution in [0.2, 0.25) is 0 Å². The van der Waals surface area contributed by atoms with Crippen LogP contribution < -0.4 is 19.7 Å². The standard InChI is InChI=1S/C29H32FN3O5S/c1-36-17-18-38-25-13-7-22(8-14-25)31-27(34)19-26-28(35)33(23-9-5-21(30)6-10-23)29(39)32(26)16-15-20-3-11-24(37-2)12-4-20/h3-14,26,28,35H,15-19H2,1-2H3,(H,31,34). The molecule has 1 aliphatic heterocycles. The SMILES string of the molecule is COCCOc1ccc(NC(=O)CC2C(O)N(c3ccc(F)cc3)C(=S)N2CCc2ccc(OC)cc2)cc1. The third-order valence-corrected chi connectivity index (χ3v) is 6.89. The number of nitrogens with one attached hydrogen (secondary N) is 1. The Morgan fingerprint density at radius 1 is 0.974 bits per heavy atom. The number of methoxy groups -OCH3 is 2. The summed E-state index contributed by atoms with van der Waals surface area (Å²) >= 11 is 5.75.